The quantitative estimate of drug-likeness (QED) is 0.0658. The molecule has 5 amide bonds. The molecule has 0 aliphatic heterocycles. The summed E-state index contributed by atoms with van der Waals surface area (Å²) < 4.78 is 0. The number of aliphatic hydroxyl groups excluding tert-OH is 4. The van der Waals surface area contributed by atoms with Gasteiger partial charge in [0.1, 0.15) is 36.3 Å². The summed E-state index contributed by atoms with van der Waals surface area (Å²) >= 11 is 0. The van der Waals surface area contributed by atoms with E-state index in [2.05, 4.69) is 0 Å². The lowest BCUT2D eigenvalue weighted by Crippen LogP contribution is -2.61. The monoisotopic (exact) mass is 596 g/mol. The highest BCUT2D eigenvalue weighted by molar-refractivity contribution is 5.98. The van der Waals surface area contributed by atoms with E-state index in [4.69, 9.17) is 31.3 Å². The highest BCUT2D eigenvalue weighted by atomic mass is 16.4. The molecule has 232 valence electrons. The lowest BCUT2D eigenvalue weighted by Gasteiger charge is -2.25. The van der Waals surface area contributed by atoms with Gasteiger partial charge in [-0.2, -0.15) is 0 Å². The molecule has 0 aromatic carbocycles. The molecule has 14 N–H and O–H groups in total. The summed E-state index contributed by atoms with van der Waals surface area (Å²) in [7, 11) is 0. The van der Waals surface area contributed by atoms with Crippen molar-refractivity contribution in [1.29, 1.82) is 0 Å². The summed E-state index contributed by atoms with van der Waals surface area (Å²) in [6.07, 6.45) is -2.29. The second-order valence-corrected chi connectivity index (χ2v) is 8.18. The maximum atomic E-state index is 12.7. The van der Waals surface area contributed by atoms with Crippen LogP contribution >= 0.6 is 0 Å². The van der Waals surface area contributed by atoms with Gasteiger partial charge in [0.2, 0.25) is 29.5 Å². The number of carboxylic acid groups (broad SMARTS) is 3. The minimum Gasteiger partial charge on any atom is -0.481 e. The fourth-order valence-corrected chi connectivity index (χ4v) is 2.79. The van der Waals surface area contributed by atoms with Gasteiger partial charge in [-0.05, 0) is 0 Å². The first-order valence-electron chi connectivity index (χ1n) is 11.5. The maximum Gasteiger partial charge on any atom is 0.328 e. The maximum absolute atomic E-state index is 12.7. The van der Waals surface area contributed by atoms with Crippen LogP contribution in [0.15, 0.2) is 0 Å². The Labute approximate surface area is 230 Å². The second kappa shape index (κ2) is 18.0. The van der Waals surface area contributed by atoms with Crippen molar-refractivity contribution in [2.24, 2.45) is 5.73 Å². The number of nitrogens with one attached hydrogen (secondary N) is 5. The van der Waals surface area contributed by atoms with Gasteiger partial charge in [-0.25, -0.2) is 4.79 Å². The van der Waals surface area contributed by atoms with Crippen LogP contribution in [0.2, 0.25) is 0 Å². The normalized spacial score (nSPS) is 15.0. The molecule has 0 aliphatic carbocycles. The van der Waals surface area contributed by atoms with E-state index in [1.807, 2.05) is 21.3 Å². The Balaban J connectivity index is 5.71. The first-order chi connectivity index (χ1) is 19.1. The van der Waals surface area contributed by atoms with Crippen LogP contribution in [0, 0.1) is 0 Å². The van der Waals surface area contributed by atoms with Crippen LogP contribution in [0.3, 0.4) is 0 Å². The molecule has 21 heteroatoms. The molecule has 0 heterocycles. The third kappa shape index (κ3) is 13.0. The number of carbonyl (C=O) groups is 8. The first kappa shape index (κ1) is 36.6. The predicted molar refractivity (Wildman–Crippen MR) is 128 cm³/mol. The van der Waals surface area contributed by atoms with Crippen LogP contribution in [0.25, 0.3) is 0 Å². The van der Waals surface area contributed by atoms with Gasteiger partial charge in [0.15, 0.2) is 0 Å². The van der Waals surface area contributed by atoms with E-state index >= 15 is 0 Å². The van der Waals surface area contributed by atoms with Crippen molar-refractivity contribution in [2.75, 3.05) is 26.4 Å². The molecule has 0 unspecified atom stereocenters. The van der Waals surface area contributed by atoms with E-state index in [0.29, 0.717) is 0 Å². The Morgan fingerprint density at radius 1 is 0.463 bits per heavy atom. The van der Waals surface area contributed by atoms with Gasteiger partial charge < -0.3 is 68.1 Å². The van der Waals surface area contributed by atoms with E-state index in [9.17, 15) is 48.6 Å². The lowest BCUT2D eigenvalue weighted by molar-refractivity contribution is -0.145. The summed E-state index contributed by atoms with van der Waals surface area (Å²) in [6, 6.07) is -11.0. The Bertz CT molecular complexity index is 992. The molecule has 0 saturated heterocycles. The zero-order valence-electron chi connectivity index (χ0n) is 21.2. The van der Waals surface area contributed by atoms with E-state index in [0.717, 1.165) is 0 Å². The Morgan fingerprint density at radius 3 is 1.05 bits per heavy atom. The Morgan fingerprint density at radius 2 is 0.756 bits per heavy atom. The molecule has 0 fully saturated rings. The summed E-state index contributed by atoms with van der Waals surface area (Å²) in [5.74, 6) is -11.5. The van der Waals surface area contributed by atoms with E-state index in [1.54, 1.807) is 5.32 Å². The number of rotatable bonds is 19. The van der Waals surface area contributed by atoms with Crippen molar-refractivity contribution in [3.8, 4) is 0 Å². The molecule has 0 saturated carbocycles. The number of nitrogens with two attached hydrogens (primary N) is 1. The van der Waals surface area contributed by atoms with Crippen molar-refractivity contribution < 1.29 is 74.1 Å². The second-order valence-electron chi connectivity index (χ2n) is 8.18. The number of hydrogen-bond donors (Lipinski definition) is 13. The van der Waals surface area contributed by atoms with E-state index < -0.39 is 123 Å². The smallest absolute Gasteiger partial charge is 0.328 e. The fraction of sp³-hybridized carbons (Fsp3) is 0.600. The number of carboxylic acids is 3. The minimum absolute atomic E-state index is 0.809. The van der Waals surface area contributed by atoms with Crippen LogP contribution in [0.5, 0.6) is 0 Å². The zero-order valence-corrected chi connectivity index (χ0v) is 21.2. The molecule has 0 aromatic rings. The summed E-state index contributed by atoms with van der Waals surface area (Å²) in [5.41, 5.74) is 5.28. The molecular weight excluding hydrogens is 564 g/mol. The van der Waals surface area contributed by atoms with Gasteiger partial charge in [0.25, 0.3) is 0 Å². The van der Waals surface area contributed by atoms with Crippen molar-refractivity contribution in [1.82, 2.24) is 26.6 Å². The average molecular weight is 597 g/mol. The van der Waals surface area contributed by atoms with Gasteiger partial charge in [0.05, 0.1) is 39.3 Å². The molecule has 0 spiro atoms. The highest BCUT2D eigenvalue weighted by Gasteiger charge is 2.34. The van der Waals surface area contributed by atoms with Crippen molar-refractivity contribution >= 4 is 47.4 Å². The van der Waals surface area contributed by atoms with Gasteiger partial charge in [-0.1, -0.05) is 0 Å². The Kier molecular flexibility index (Phi) is 16.1. The molecule has 0 aliphatic rings. The van der Waals surface area contributed by atoms with Gasteiger partial charge in [-0.15, -0.1) is 0 Å². The van der Waals surface area contributed by atoms with Crippen molar-refractivity contribution in [3.05, 3.63) is 0 Å². The fourth-order valence-electron chi connectivity index (χ4n) is 2.79. The average Bonchev–Trinajstić information content (AvgIpc) is 2.90. The van der Waals surface area contributed by atoms with E-state index in [1.165, 1.54) is 0 Å². The summed E-state index contributed by atoms with van der Waals surface area (Å²) in [4.78, 5) is 95.2. The summed E-state index contributed by atoms with van der Waals surface area (Å²) in [6.45, 7) is -4.08. The van der Waals surface area contributed by atoms with Crippen molar-refractivity contribution in [2.45, 2.75) is 49.1 Å². The topological polar surface area (TPSA) is 364 Å². The SMILES string of the molecule is N[C@@H](CO)C(=O)N[C@@H](CO)C(=O)N[C@@H](CO)C(=O)N[C@@H](CC(=O)O)C(=O)N[C@@H](CC(=O)O)C(=O)N[C@@H](CO)C(=O)O. The van der Waals surface area contributed by atoms with Crippen LogP contribution in [0.4, 0.5) is 0 Å². The first-order valence-corrected chi connectivity index (χ1v) is 11.5. The number of amides is 5. The number of hydrogen-bond acceptors (Lipinski definition) is 13. The molecule has 6 atom stereocenters. The molecule has 0 bridgehead atoms. The predicted octanol–water partition coefficient (Wildman–Crippen LogP) is -8.26. The molecule has 21 nitrogen and oxygen atoms in total. The third-order valence-corrected chi connectivity index (χ3v) is 4.99. The molecular formula is C20H32N6O15. The number of aliphatic carboxylic acids is 3. The van der Waals surface area contributed by atoms with Crippen LogP contribution in [0.1, 0.15) is 12.8 Å². The number of aliphatic hydroxyl groups is 4. The van der Waals surface area contributed by atoms with E-state index in [-0.39, 0.29) is 0 Å². The molecule has 41 heavy (non-hydrogen) atoms. The van der Waals surface area contributed by atoms with Crippen LogP contribution in [-0.4, -0.2) is 146 Å². The molecule has 0 rings (SSSR count). The van der Waals surface area contributed by atoms with Crippen LogP contribution in [-0.2, 0) is 38.4 Å². The standard InChI is InChI=1S/C20H32N6O15/c21-7(3-27)15(35)24-10(4-28)19(39)25-11(5-29)18(38)23-8(1-13(31)32)16(36)22-9(2-14(33)34)17(37)26-12(6-30)20(40)41/h7-12,27-30H,1-6,21H2,(H,22,36)(H,23,38)(H,24,35)(H,25,39)(H,26,37)(H,31,32)(H,33,34)(H,40,41)/t7-,8-,9-,10-,11-,12-/m0/s1. The molecule has 0 aromatic heterocycles. The zero-order chi connectivity index (χ0) is 31.9. The summed E-state index contributed by atoms with van der Waals surface area (Å²) in [5, 5.41) is 73.3. The van der Waals surface area contributed by atoms with Gasteiger partial charge in [-0.3, -0.25) is 33.6 Å². The highest BCUT2D eigenvalue weighted by Crippen LogP contribution is 2.01. The van der Waals surface area contributed by atoms with Gasteiger partial charge >= 0.3 is 17.9 Å². The number of carbonyl (C=O) groups excluding carboxylic acids is 5. The third-order valence-electron chi connectivity index (χ3n) is 4.99. The molecule has 0 radical (unpaired) electrons. The van der Waals surface area contributed by atoms with Crippen molar-refractivity contribution in [3.63, 3.8) is 0 Å². The minimum atomic E-state index is -2.04. The largest absolute Gasteiger partial charge is 0.481 e. The van der Waals surface area contributed by atoms with Gasteiger partial charge in [0, 0.05) is 0 Å². The van der Waals surface area contributed by atoms with Crippen LogP contribution < -0.4 is 32.3 Å². The Hall–Kier alpha value is -4.44. The lowest BCUT2D eigenvalue weighted by atomic mass is 10.1.